The van der Waals surface area contributed by atoms with Gasteiger partial charge in [-0.1, -0.05) is 129 Å². The number of ether oxygens (including phenoxy) is 2. The van der Waals surface area contributed by atoms with E-state index in [1.54, 1.807) is 0 Å². The quantitative estimate of drug-likeness (QED) is 0.0376. The van der Waals surface area contributed by atoms with E-state index in [4.69, 9.17) is 9.47 Å². The maximum atomic E-state index is 6.18. The lowest BCUT2D eigenvalue weighted by Gasteiger charge is -2.12. The van der Waals surface area contributed by atoms with E-state index in [1.807, 2.05) is 31.2 Å². The third-order valence-electron chi connectivity index (χ3n) is 7.37. The van der Waals surface area contributed by atoms with Gasteiger partial charge in [-0.15, -0.1) is 5.10 Å². The van der Waals surface area contributed by atoms with Gasteiger partial charge in [0, 0.05) is 12.3 Å². The highest BCUT2D eigenvalue weighted by atomic mass is 16.5. The van der Waals surface area contributed by atoms with Gasteiger partial charge in [-0.25, -0.2) is 0 Å². The molecule has 6 nitrogen and oxygen atoms in total. The van der Waals surface area contributed by atoms with E-state index in [0.29, 0.717) is 25.7 Å². The Morgan fingerprint density at radius 2 is 1.56 bits per heavy atom. The molecule has 6 heteroatoms. The molecule has 0 aromatic heterocycles. The lowest BCUT2D eigenvalue weighted by atomic mass is 9.97. The van der Waals surface area contributed by atoms with Crippen molar-refractivity contribution in [3.63, 3.8) is 0 Å². The highest BCUT2D eigenvalue weighted by Crippen LogP contribution is 2.22. The van der Waals surface area contributed by atoms with Crippen molar-refractivity contribution in [1.29, 1.82) is 0 Å². The molecule has 4 aromatic rings. The number of hydrogen-bond acceptors (Lipinski definition) is 6. The molecule has 0 spiro atoms. The van der Waals surface area contributed by atoms with Gasteiger partial charge in [0.1, 0.15) is 6.61 Å². The van der Waals surface area contributed by atoms with Crippen molar-refractivity contribution in [2.24, 2.45) is 27.8 Å². The number of nitrogens with zero attached hydrogens (tertiary/aromatic N) is 2. The minimum atomic E-state index is 0.254. The fourth-order valence-electron chi connectivity index (χ4n) is 5.01. The minimum absolute atomic E-state index is 0.254. The van der Waals surface area contributed by atoms with Crippen molar-refractivity contribution in [2.45, 2.75) is 40.2 Å². The predicted octanol–water partition coefficient (Wildman–Crippen LogP) is 8.83. The molecule has 4 rings (SSSR count). The summed E-state index contributed by atoms with van der Waals surface area (Å²) in [6.07, 6.45) is 15.0. The molecule has 4 aromatic carbocycles. The summed E-state index contributed by atoms with van der Waals surface area (Å²) in [4.78, 5) is 0. The number of fused-ring (bicyclic) bond motifs is 2. The van der Waals surface area contributed by atoms with Crippen LogP contribution in [-0.2, 0) is 16.1 Å². The van der Waals surface area contributed by atoms with Gasteiger partial charge in [-0.05, 0) is 70.0 Å². The topological polar surface area (TPSA) is 95.2 Å². The molecular formula is C39H46N4O2. The predicted molar refractivity (Wildman–Crippen MR) is 192 cm³/mol. The van der Waals surface area contributed by atoms with E-state index in [-0.39, 0.29) is 5.92 Å². The van der Waals surface area contributed by atoms with Crippen molar-refractivity contribution in [2.75, 3.05) is 13.2 Å². The normalized spacial score (nSPS) is 13.3. The third-order valence-corrected chi connectivity index (χ3v) is 7.37. The molecule has 0 saturated carbocycles. The smallest absolute Gasteiger partial charge is 0.241 e. The number of hydrazine groups is 1. The molecule has 0 bridgehead atoms. The molecule has 0 aliphatic rings. The van der Waals surface area contributed by atoms with E-state index < -0.39 is 0 Å². The second-order valence-electron chi connectivity index (χ2n) is 10.4. The summed E-state index contributed by atoms with van der Waals surface area (Å²) in [5.41, 5.74) is 4.48. The van der Waals surface area contributed by atoms with Crippen LogP contribution in [0.15, 0.2) is 143 Å². The molecule has 0 fully saturated rings. The summed E-state index contributed by atoms with van der Waals surface area (Å²) in [5, 5.41) is 12.7. The van der Waals surface area contributed by atoms with Gasteiger partial charge >= 0.3 is 0 Å². The Labute approximate surface area is 268 Å². The van der Waals surface area contributed by atoms with E-state index in [1.165, 1.54) is 21.9 Å². The van der Waals surface area contributed by atoms with Crippen molar-refractivity contribution in [3.8, 4) is 0 Å². The molecule has 45 heavy (non-hydrogen) atoms. The maximum Gasteiger partial charge on any atom is 0.241 e. The maximum absolute atomic E-state index is 6.18. The van der Waals surface area contributed by atoms with Gasteiger partial charge in [0.25, 0.3) is 0 Å². The van der Waals surface area contributed by atoms with Crippen molar-refractivity contribution >= 4 is 34.2 Å². The van der Waals surface area contributed by atoms with Crippen LogP contribution in [0.25, 0.3) is 21.5 Å². The molecule has 0 aliphatic carbocycles. The highest BCUT2D eigenvalue weighted by Gasteiger charge is 2.11. The van der Waals surface area contributed by atoms with Crippen LogP contribution in [0.2, 0.25) is 0 Å². The zero-order valence-electron chi connectivity index (χ0n) is 26.7. The van der Waals surface area contributed by atoms with Gasteiger partial charge in [-0.3, -0.25) is 11.7 Å². The van der Waals surface area contributed by atoms with Crippen LogP contribution in [0.3, 0.4) is 0 Å². The van der Waals surface area contributed by atoms with Crippen LogP contribution >= 0.6 is 0 Å². The van der Waals surface area contributed by atoms with Gasteiger partial charge < -0.3 is 9.47 Å². The van der Waals surface area contributed by atoms with E-state index in [0.717, 1.165) is 34.8 Å². The molecule has 0 heterocycles. The average molecular weight is 603 g/mol. The summed E-state index contributed by atoms with van der Waals surface area (Å²) >= 11 is 0. The number of benzene rings is 4. The van der Waals surface area contributed by atoms with Crippen LogP contribution in [0, 0.1) is 5.92 Å². The molecule has 0 saturated heterocycles. The monoisotopic (exact) mass is 602 g/mol. The Hall–Kier alpha value is -4.62. The first-order valence-corrected chi connectivity index (χ1v) is 15.4. The Morgan fingerprint density at radius 1 is 0.889 bits per heavy atom. The van der Waals surface area contributed by atoms with E-state index >= 15 is 0 Å². The first kappa shape index (κ1) is 34.9. The van der Waals surface area contributed by atoms with Crippen molar-refractivity contribution in [1.82, 2.24) is 0 Å². The summed E-state index contributed by atoms with van der Waals surface area (Å²) in [5.74, 6) is 8.72. The molecule has 0 radical (unpaired) electrons. The Morgan fingerprint density at radius 3 is 2.27 bits per heavy atom. The molecule has 0 amide bonds. The standard InChI is InChI=1S/C39H42N2O2.H4N2/c1-5-15-32(16-11-12-27-42-29-35-21-13-19-33-17-7-9-22-36(33)35)30(3)25-26-31(6-2)28-43-39(41-40-4)38-24-14-20-34-18-8-10-23-37(34)38;1-2/h6-11,13-26,30H,4-5,12,27-29H2,1-3H3;1-2H2/b16-11-,26-25-,31-6+,32-15+,41-39-;. The van der Waals surface area contributed by atoms with Crippen LogP contribution in [0.5, 0.6) is 0 Å². The SMILES string of the molecule is C=N/N=C(\OCC(/C=C\C(C)C(/C=C\CCOCc1cccc2ccccc12)=C/CC)=C/C)c1cccc2ccccc12.NN. The molecular weight excluding hydrogens is 556 g/mol. The summed E-state index contributed by atoms with van der Waals surface area (Å²) in [6.45, 7) is 11.7. The number of hydrogen-bond donors (Lipinski definition) is 2. The first-order valence-electron chi connectivity index (χ1n) is 15.4. The lowest BCUT2D eigenvalue weighted by Crippen LogP contribution is -2.09. The molecule has 4 N–H and O–H groups in total. The van der Waals surface area contributed by atoms with Gasteiger partial charge in [0.2, 0.25) is 5.90 Å². The summed E-state index contributed by atoms with van der Waals surface area (Å²) in [6, 6.07) is 29.1. The van der Waals surface area contributed by atoms with E-state index in [2.05, 4.69) is 140 Å². The lowest BCUT2D eigenvalue weighted by molar-refractivity contribution is 0.126. The fourth-order valence-corrected chi connectivity index (χ4v) is 5.01. The Kier molecular flexibility index (Phi) is 15.2. The molecule has 1 atom stereocenters. The van der Waals surface area contributed by atoms with Gasteiger partial charge in [-0.2, -0.15) is 5.10 Å². The minimum Gasteiger partial charge on any atom is -0.471 e. The van der Waals surface area contributed by atoms with E-state index in [9.17, 15) is 0 Å². The van der Waals surface area contributed by atoms with Gasteiger partial charge in [0.15, 0.2) is 0 Å². The largest absolute Gasteiger partial charge is 0.471 e. The second-order valence-corrected chi connectivity index (χ2v) is 10.4. The van der Waals surface area contributed by atoms with Gasteiger partial charge in [0.05, 0.1) is 13.2 Å². The third kappa shape index (κ3) is 10.5. The summed E-state index contributed by atoms with van der Waals surface area (Å²) in [7, 11) is 0. The Balaban J connectivity index is 0.00000271. The van der Waals surface area contributed by atoms with Crippen LogP contribution in [-0.4, -0.2) is 25.8 Å². The summed E-state index contributed by atoms with van der Waals surface area (Å²) < 4.78 is 12.2. The number of rotatable bonds is 14. The Bertz CT molecular complexity index is 1660. The van der Waals surface area contributed by atoms with Crippen LogP contribution in [0.4, 0.5) is 0 Å². The first-order chi connectivity index (χ1) is 22.1. The number of allylic oxidation sites excluding steroid dienone is 5. The van der Waals surface area contributed by atoms with Crippen molar-refractivity contribution in [3.05, 3.63) is 144 Å². The van der Waals surface area contributed by atoms with Crippen molar-refractivity contribution < 1.29 is 9.47 Å². The number of nitrogens with two attached hydrogens (primary N) is 2. The molecule has 0 aliphatic heterocycles. The molecule has 1 unspecified atom stereocenters. The fraction of sp³-hybridized carbons (Fsp3) is 0.231. The average Bonchev–Trinajstić information content (AvgIpc) is 3.09. The zero-order valence-corrected chi connectivity index (χ0v) is 26.7. The highest BCUT2D eigenvalue weighted by molar-refractivity contribution is 6.07. The second kappa shape index (κ2) is 19.6. The van der Waals surface area contributed by atoms with Crippen LogP contribution < -0.4 is 11.7 Å². The molecule has 234 valence electrons. The zero-order chi connectivity index (χ0) is 32.3. The van der Waals surface area contributed by atoms with Crippen LogP contribution in [0.1, 0.15) is 44.7 Å².